The van der Waals surface area contributed by atoms with Crippen molar-refractivity contribution in [1.29, 1.82) is 0 Å². The molecule has 0 saturated carbocycles. The molecule has 0 spiro atoms. The van der Waals surface area contributed by atoms with Crippen LogP contribution < -0.4 is 14.8 Å². The van der Waals surface area contributed by atoms with Crippen LogP contribution in [0, 0.1) is 5.92 Å². The summed E-state index contributed by atoms with van der Waals surface area (Å²) in [5.74, 6) is 1.79. The third-order valence-corrected chi connectivity index (χ3v) is 4.37. The zero-order valence-corrected chi connectivity index (χ0v) is 15.2. The maximum absolute atomic E-state index is 11.0. The van der Waals surface area contributed by atoms with Gasteiger partial charge in [-0.2, -0.15) is 0 Å². The third-order valence-electron chi connectivity index (χ3n) is 4.37. The van der Waals surface area contributed by atoms with Gasteiger partial charge in [-0.05, 0) is 43.0 Å². The smallest absolute Gasteiger partial charge is 0.404 e. The first kappa shape index (κ1) is 18.0. The fourth-order valence-corrected chi connectivity index (χ4v) is 3.25. The number of carbonyl (C=O) groups is 1. The minimum Gasteiger partial charge on any atom is -0.491 e. The molecule has 1 aliphatic rings. The van der Waals surface area contributed by atoms with E-state index in [0.29, 0.717) is 18.1 Å². The Morgan fingerprint density at radius 1 is 1.35 bits per heavy atom. The average Bonchev–Trinajstić information content (AvgIpc) is 2.59. The van der Waals surface area contributed by atoms with E-state index in [-0.39, 0.29) is 18.8 Å². The lowest BCUT2D eigenvalue weighted by Gasteiger charge is -2.26. The predicted octanol–water partition coefficient (Wildman–Crippen LogP) is 4.26. The number of hydrogen-bond donors (Lipinski definition) is 2. The summed E-state index contributed by atoms with van der Waals surface area (Å²) in [7, 11) is 0. The lowest BCUT2D eigenvalue weighted by molar-refractivity contribution is 0.176. The number of carboxylic acid groups (broad SMARTS) is 1. The fourth-order valence-electron chi connectivity index (χ4n) is 3.25. The quantitative estimate of drug-likeness (QED) is 0.808. The van der Waals surface area contributed by atoms with E-state index in [1.54, 1.807) is 6.20 Å². The van der Waals surface area contributed by atoms with Crippen LogP contribution in [0.15, 0.2) is 36.7 Å². The van der Waals surface area contributed by atoms with Crippen molar-refractivity contribution in [3.05, 3.63) is 42.2 Å². The lowest BCUT2D eigenvalue weighted by Crippen LogP contribution is -2.39. The Labute approximate surface area is 153 Å². The number of ether oxygens (including phenoxy) is 2. The first-order chi connectivity index (χ1) is 12.4. The van der Waals surface area contributed by atoms with Gasteiger partial charge >= 0.3 is 6.09 Å². The molecule has 0 fully saturated rings. The molecule has 1 aromatic heterocycles. The molecule has 0 saturated heterocycles. The van der Waals surface area contributed by atoms with Gasteiger partial charge < -0.3 is 19.9 Å². The van der Waals surface area contributed by atoms with Crippen molar-refractivity contribution in [1.82, 2.24) is 10.3 Å². The Morgan fingerprint density at radius 3 is 2.88 bits per heavy atom. The molecule has 138 valence electrons. The van der Waals surface area contributed by atoms with E-state index >= 15 is 0 Å². The van der Waals surface area contributed by atoms with Gasteiger partial charge in [-0.3, -0.25) is 4.98 Å². The van der Waals surface area contributed by atoms with Crippen LogP contribution in [0.4, 0.5) is 4.79 Å². The van der Waals surface area contributed by atoms with Gasteiger partial charge in [0.1, 0.15) is 24.2 Å². The summed E-state index contributed by atoms with van der Waals surface area (Å²) in [6.45, 7) is 6.37. The van der Waals surface area contributed by atoms with Crippen LogP contribution >= 0.6 is 0 Å². The van der Waals surface area contributed by atoms with Gasteiger partial charge in [0.15, 0.2) is 0 Å². The molecule has 0 radical (unpaired) electrons. The third kappa shape index (κ3) is 4.07. The highest BCUT2D eigenvalue weighted by Gasteiger charge is 2.23. The Hall–Kier alpha value is -2.76. The topological polar surface area (TPSA) is 80.7 Å². The van der Waals surface area contributed by atoms with Gasteiger partial charge in [0.05, 0.1) is 6.04 Å². The van der Waals surface area contributed by atoms with E-state index in [1.165, 1.54) is 0 Å². The summed E-state index contributed by atoms with van der Waals surface area (Å²) in [5, 5.41) is 11.5. The molecule has 2 aromatic rings. The van der Waals surface area contributed by atoms with Crippen LogP contribution in [0.2, 0.25) is 0 Å². The second kappa shape index (κ2) is 7.64. The predicted molar refractivity (Wildman–Crippen MR) is 98.6 cm³/mol. The van der Waals surface area contributed by atoms with E-state index in [2.05, 4.69) is 24.1 Å². The molecule has 26 heavy (non-hydrogen) atoms. The van der Waals surface area contributed by atoms with Crippen molar-refractivity contribution in [3.8, 4) is 22.6 Å². The monoisotopic (exact) mass is 356 g/mol. The van der Waals surface area contributed by atoms with Crippen LogP contribution in [0.3, 0.4) is 0 Å². The molecular weight excluding hydrogens is 332 g/mol. The summed E-state index contributed by atoms with van der Waals surface area (Å²) < 4.78 is 11.8. The molecule has 2 heterocycles. The Bertz CT molecular complexity index is 791. The minimum absolute atomic E-state index is 0.0798. The van der Waals surface area contributed by atoms with Gasteiger partial charge in [-0.15, -0.1) is 0 Å². The average molecular weight is 356 g/mol. The van der Waals surface area contributed by atoms with Crippen LogP contribution in [0.25, 0.3) is 11.1 Å². The van der Waals surface area contributed by atoms with Gasteiger partial charge in [-0.25, -0.2) is 4.79 Å². The largest absolute Gasteiger partial charge is 0.491 e. The van der Waals surface area contributed by atoms with Crippen LogP contribution in [0.1, 0.15) is 38.9 Å². The second-order valence-electron chi connectivity index (χ2n) is 6.97. The molecule has 2 atom stereocenters. The van der Waals surface area contributed by atoms with E-state index in [4.69, 9.17) is 14.6 Å². The van der Waals surface area contributed by atoms with Crippen molar-refractivity contribution in [2.75, 3.05) is 6.61 Å². The van der Waals surface area contributed by atoms with Gasteiger partial charge in [0, 0.05) is 29.6 Å². The van der Waals surface area contributed by atoms with Crippen LogP contribution in [0.5, 0.6) is 11.5 Å². The molecule has 1 aromatic carbocycles. The normalized spacial score (nSPS) is 16.2. The van der Waals surface area contributed by atoms with Gasteiger partial charge in [-0.1, -0.05) is 13.8 Å². The molecule has 2 unspecified atom stereocenters. The number of aromatic nitrogens is 1. The molecule has 6 nitrogen and oxygen atoms in total. The molecule has 0 aliphatic carbocycles. The summed E-state index contributed by atoms with van der Waals surface area (Å²) in [6, 6.07) is 7.45. The molecule has 1 amide bonds. The molecule has 3 rings (SSSR count). The summed E-state index contributed by atoms with van der Waals surface area (Å²) >= 11 is 0. The maximum Gasteiger partial charge on any atom is 0.404 e. The van der Waals surface area contributed by atoms with Gasteiger partial charge in [0.25, 0.3) is 0 Å². The molecule has 2 N–H and O–H groups in total. The first-order valence-electron chi connectivity index (χ1n) is 8.81. The summed E-state index contributed by atoms with van der Waals surface area (Å²) in [5.41, 5.74) is 3.19. The van der Waals surface area contributed by atoms with Crippen LogP contribution in [-0.2, 0) is 0 Å². The summed E-state index contributed by atoms with van der Waals surface area (Å²) in [6.07, 6.45) is 3.21. The van der Waals surface area contributed by atoms with Crippen LogP contribution in [-0.4, -0.2) is 28.8 Å². The van der Waals surface area contributed by atoms with Crippen molar-refractivity contribution in [2.24, 2.45) is 5.92 Å². The number of benzene rings is 1. The van der Waals surface area contributed by atoms with Crippen molar-refractivity contribution in [3.63, 3.8) is 0 Å². The number of amides is 1. The number of nitrogens with zero attached hydrogens (tertiary/aromatic N) is 1. The van der Waals surface area contributed by atoms with Crippen molar-refractivity contribution in [2.45, 2.75) is 39.3 Å². The molecule has 6 heteroatoms. The molecular formula is C20H24N2O4. The number of rotatable bonds is 6. The zero-order valence-electron chi connectivity index (χ0n) is 15.2. The van der Waals surface area contributed by atoms with E-state index in [0.717, 1.165) is 22.4 Å². The zero-order chi connectivity index (χ0) is 18.7. The molecule has 0 bridgehead atoms. The Morgan fingerprint density at radius 2 is 2.15 bits per heavy atom. The summed E-state index contributed by atoms with van der Waals surface area (Å²) in [4.78, 5) is 15.1. The van der Waals surface area contributed by atoms with Crippen molar-refractivity contribution >= 4 is 6.09 Å². The lowest BCUT2D eigenvalue weighted by atomic mass is 9.95. The van der Waals surface area contributed by atoms with E-state index < -0.39 is 6.09 Å². The maximum atomic E-state index is 11.0. The van der Waals surface area contributed by atoms with Crippen molar-refractivity contribution < 1.29 is 19.4 Å². The number of hydrogen-bond acceptors (Lipinski definition) is 4. The second-order valence-corrected chi connectivity index (χ2v) is 6.97. The number of pyridine rings is 1. The Balaban J connectivity index is 1.75. The number of fused-ring (bicyclic) bond motifs is 3. The first-order valence-corrected chi connectivity index (χ1v) is 8.81. The highest BCUT2D eigenvalue weighted by atomic mass is 16.5. The SMILES string of the molecule is CC(C)CC(COc1ccc2c(c1)OC(C)c1cnccc1-2)NC(=O)O. The highest BCUT2D eigenvalue weighted by molar-refractivity contribution is 5.76. The standard InChI is InChI=1S/C20H24N2O4/c1-12(2)8-14(22-20(23)24)11-25-15-4-5-17-16-6-7-21-10-18(16)13(3)26-19(17)9-15/h4-7,9-10,12-14,22H,8,11H2,1-3H3,(H,23,24). The highest BCUT2D eigenvalue weighted by Crippen LogP contribution is 2.43. The van der Waals surface area contributed by atoms with E-state index in [1.807, 2.05) is 37.4 Å². The number of nitrogens with one attached hydrogen (secondary N) is 1. The Kier molecular flexibility index (Phi) is 5.30. The molecule has 1 aliphatic heterocycles. The fraction of sp³-hybridized carbons (Fsp3) is 0.400. The minimum atomic E-state index is -1.04. The van der Waals surface area contributed by atoms with Gasteiger partial charge in [0.2, 0.25) is 0 Å². The van der Waals surface area contributed by atoms with E-state index in [9.17, 15) is 4.79 Å².